The van der Waals surface area contributed by atoms with Crippen molar-refractivity contribution in [2.24, 2.45) is 0 Å². The number of hydrogen-bond donors (Lipinski definition) is 1. The Labute approximate surface area is 79.2 Å². The number of benzene rings is 1. The van der Waals surface area contributed by atoms with Crippen LogP contribution in [-0.4, -0.2) is 13.6 Å². The molecule has 0 aromatic heterocycles. The van der Waals surface area contributed by atoms with Gasteiger partial charge in [0.2, 0.25) is 0 Å². The summed E-state index contributed by atoms with van der Waals surface area (Å²) >= 11 is 0. The molecule has 0 aliphatic carbocycles. The van der Waals surface area contributed by atoms with E-state index in [9.17, 15) is 0 Å². The summed E-state index contributed by atoms with van der Waals surface area (Å²) in [6.45, 7) is 2.75. The summed E-state index contributed by atoms with van der Waals surface area (Å²) in [5, 5.41) is 11.9. The van der Waals surface area contributed by atoms with Gasteiger partial charge in [-0.1, -0.05) is 29.8 Å². The number of aryl methyl sites for hydroxylation is 1. The first-order chi connectivity index (χ1) is 6.27. The van der Waals surface area contributed by atoms with Crippen LogP contribution in [0.3, 0.4) is 0 Å². The van der Waals surface area contributed by atoms with E-state index in [4.69, 9.17) is 5.26 Å². The van der Waals surface area contributed by atoms with Crippen LogP contribution in [0.5, 0.6) is 0 Å². The molecule has 0 bridgehead atoms. The summed E-state index contributed by atoms with van der Waals surface area (Å²) in [4.78, 5) is 0. The molecule has 0 saturated heterocycles. The van der Waals surface area contributed by atoms with Crippen LogP contribution < -0.4 is 5.32 Å². The summed E-state index contributed by atoms with van der Waals surface area (Å²) in [5.41, 5.74) is 2.30. The highest BCUT2D eigenvalue weighted by Gasteiger charge is 2.08. The number of nitrogens with zero attached hydrogens (tertiary/aromatic N) is 1. The summed E-state index contributed by atoms with van der Waals surface area (Å²) in [6, 6.07) is 10.4. The SMILES string of the molecule is CNCC(C#N)c1cccc(C)c1. The number of rotatable bonds is 3. The Morgan fingerprint density at radius 2 is 2.31 bits per heavy atom. The first kappa shape index (κ1) is 9.76. The maximum absolute atomic E-state index is 8.91. The molecule has 1 N–H and O–H groups in total. The third-order valence-corrected chi connectivity index (χ3v) is 2.01. The molecule has 0 aliphatic heterocycles. The minimum atomic E-state index is -0.0371. The smallest absolute Gasteiger partial charge is 0.0837 e. The predicted octanol–water partition coefficient (Wildman–Crippen LogP) is 1.82. The van der Waals surface area contributed by atoms with Crippen molar-refractivity contribution in [3.05, 3.63) is 35.4 Å². The Morgan fingerprint density at radius 1 is 1.54 bits per heavy atom. The van der Waals surface area contributed by atoms with Gasteiger partial charge in [-0.25, -0.2) is 0 Å². The molecule has 1 aromatic carbocycles. The van der Waals surface area contributed by atoms with Crippen molar-refractivity contribution >= 4 is 0 Å². The molecule has 2 nitrogen and oxygen atoms in total. The lowest BCUT2D eigenvalue weighted by molar-refractivity contribution is 0.733. The van der Waals surface area contributed by atoms with E-state index in [-0.39, 0.29) is 5.92 Å². The molecule has 1 unspecified atom stereocenters. The van der Waals surface area contributed by atoms with E-state index in [0.717, 1.165) is 5.56 Å². The van der Waals surface area contributed by atoms with Gasteiger partial charge < -0.3 is 5.32 Å². The largest absolute Gasteiger partial charge is 0.318 e. The summed E-state index contributed by atoms with van der Waals surface area (Å²) in [5.74, 6) is -0.0371. The van der Waals surface area contributed by atoms with Crippen molar-refractivity contribution in [2.45, 2.75) is 12.8 Å². The van der Waals surface area contributed by atoms with Crippen molar-refractivity contribution in [1.82, 2.24) is 5.32 Å². The quantitative estimate of drug-likeness (QED) is 0.758. The van der Waals surface area contributed by atoms with Crippen LogP contribution in [0.4, 0.5) is 0 Å². The van der Waals surface area contributed by atoms with Crippen molar-refractivity contribution in [1.29, 1.82) is 5.26 Å². The predicted molar refractivity (Wildman–Crippen MR) is 53.5 cm³/mol. The molecule has 0 aliphatic rings. The topological polar surface area (TPSA) is 35.8 Å². The van der Waals surface area contributed by atoms with E-state index in [1.54, 1.807) is 0 Å². The third-order valence-electron chi connectivity index (χ3n) is 2.01. The number of hydrogen-bond acceptors (Lipinski definition) is 2. The lowest BCUT2D eigenvalue weighted by Crippen LogP contribution is -2.15. The van der Waals surface area contributed by atoms with Gasteiger partial charge in [-0.15, -0.1) is 0 Å². The second kappa shape index (κ2) is 4.64. The Kier molecular flexibility index (Phi) is 3.48. The van der Waals surface area contributed by atoms with Gasteiger partial charge in [-0.3, -0.25) is 0 Å². The second-order valence-corrected chi connectivity index (χ2v) is 3.15. The number of nitrogens with one attached hydrogen (secondary N) is 1. The molecular weight excluding hydrogens is 160 g/mol. The first-order valence-corrected chi connectivity index (χ1v) is 4.38. The van der Waals surface area contributed by atoms with Gasteiger partial charge in [0.15, 0.2) is 0 Å². The third kappa shape index (κ3) is 2.57. The van der Waals surface area contributed by atoms with Crippen molar-refractivity contribution in [3.63, 3.8) is 0 Å². The fourth-order valence-corrected chi connectivity index (χ4v) is 1.33. The van der Waals surface area contributed by atoms with Crippen molar-refractivity contribution < 1.29 is 0 Å². The van der Waals surface area contributed by atoms with E-state index in [1.807, 2.05) is 32.2 Å². The molecule has 0 heterocycles. The molecule has 0 spiro atoms. The number of likely N-dealkylation sites (N-methyl/N-ethyl adjacent to an activating group) is 1. The average Bonchev–Trinajstić information content (AvgIpc) is 2.14. The highest BCUT2D eigenvalue weighted by Crippen LogP contribution is 2.14. The Balaban J connectivity index is 2.86. The Hall–Kier alpha value is -1.33. The van der Waals surface area contributed by atoms with Crippen LogP contribution >= 0.6 is 0 Å². The van der Waals surface area contributed by atoms with Gasteiger partial charge in [0.05, 0.1) is 12.0 Å². The average molecular weight is 174 g/mol. The monoisotopic (exact) mass is 174 g/mol. The van der Waals surface area contributed by atoms with Crippen LogP contribution in [0.15, 0.2) is 24.3 Å². The molecule has 0 radical (unpaired) electrons. The first-order valence-electron chi connectivity index (χ1n) is 4.38. The van der Waals surface area contributed by atoms with Gasteiger partial charge in [-0.2, -0.15) is 5.26 Å². The van der Waals surface area contributed by atoms with Crippen LogP contribution in [0.1, 0.15) is 17.0 Å². The highest BCUT2D eigenvalue weighted by atomic mass is 14.8. The maximum Gasteiger partial charge on any atom is 0.0837 e. The Morgan fingerprint density at radius 3 is 2.85 bits per heavy atom. The molecule has 0 fully saturated rings. The summed E-state index contributed by atoms with van der Waals surface area (Å²) in [7, 11) is 1.86. The minimum absolute atomic E-state index is 0.0371. The van der Waals surface area contributed by atoms with Gasteiger partial charge in [0.1, 0.15) is 0 Å². The molecule has 68 valence electrons. The maximum atomic E-state index is 8.91. The molecule has 0 saturated carbocycles. The van der Waals surface area contributed by atoms with Gasteiger partial charge >= 0.3 is 0 Å². The number of nitriles is 1. The molecule has 1 aromatic rings. The van der Waals surface area contributed by atoms with E-state index in [0.29, 0.717) is 6.54 Å². The van der Waals surface area contributed by atoms with Gasteiger partial charge in [0.25, 0.3) is 0 Å². The molecule has 13 heavy (non-hydrogen) atoms. The lowest BCUT2D eigenvalue weighted by atomic mass is 9.99. The standard InChI is InChI=1S/C11H14N2/c1-9-4-3-5-10(6-9)11(7-12)8-13-2/h3-6,11,13H,8H2,1-2H3. The van der Waals surface area contributed by atoms with E-state index < -0.39 is 0 Å². The summed E-state index contributed by atoms with van der Waals surface area (Å²) < 4.78 is 0. The van der Waals surface area contributed by atoms with Crippen molar-refractivity contribution in [2.75, 3.05) is 13.6 Å². The van der Waals surface area contributed by atoms with Crippen LogP contribution in [-0.2, 0) is 0 Å². The minimum Gasteiger partial charge on any atom is -0.318 e. The molecular formula is C11H14N2. The van der Waals surface area contributed by atoms with Gasteiger partial charge in [0, 0.05) is 6.54 Å². The second-order valence-electron chi connectivity index (χ2n) is 3.15. The van der Waals surface area contributed by atoms with E-state index in [1.165, 1.54) is 5.56 Å². The fourth-order valence-electron chi connectivity index (χ4n) is 1.33. The van der Waals surface area contributed by atoms with E-state index >= 15 is 0 Å². The zero-order valence-electron chi connectivity index (χ0n) is 8.04. The van der Waals surface area contributed by atoms with Crippen LogP contribution in [0.2, 0.25) is 0 Å². The molecule has 1 atom stereocenters. The van der Waals surface area contributed by atoms with Crippen LogP contribution in [0.25, 0.3) is 0 Å². The highest BCUT2D eigenvalue weighted by molar-refractivity contribution is 5.29. The zero-order chi connectivity index (χ0) is 9.68. The zero-order valence-corrected chi connectivity index (χ0v) is 8.04. The Bertz CT molecular complexity index is 312. The molecule has 1 rings (SSSR count). The summed E-state index contributed by atoms with van der Waals surface area (Å²) in [6.07, 6.45) is 0. The molecule has 2 heteroatoms. The fraction of sp³-hybridized carbons (Fsp3) is 0.364. The van der Waals surface area contributed by atoms with E-state index in [2.05, 4.69) is 17.5 Å². The van der Waals surface area contributed by atoms with Gasteiger partial charge in [-0.05, 0) is 19.5 Å². The van der Waals surface area contributed by atoms with Crippen molar-refractivity contribution in [3.8, 4) is 6.07 Å². The molecule has 0 amide bonds. The van der Waals surface area contributed by atoms with Crippen LogP contribution in [0, 0.1) is 18.3 Å². The lowest BCUT2D eigenvalue weighted by Gasteiger charge is -2.08. The normalized spacial score (nSPS) is 12.1.